The lowest BCUT2D eigenvalue weighted by Gasteiger charge is -2.13. The number of nitrogens with zero attached hydrogens (tertiary/aromatic N) is 1. The standard InChI is InChI=1S/C9H11ClFNO2/c1-5-3-7(11)9(13)6(8(5)10)4-12(2)14/h3,13-14H,4H2,1-2H3. The van der Waals surface area contributed by atoms with Crippen LogP contribution in [0.2, 0.25) is 5.02 Å². The molecule has 0 amide bonds. The molecule has 1 aromatic carbocycles. The molecule has 2 N–H and O–H groups in total. The molecule has 0 heterocycles. The number of hydrogen-bond acceptors (Lipinski definition) is 3. The molecule has 14 heavy (non-hydrogen) atoms. The molecule has 0 saturated carbocycles. The molecule has 0 aromatic heterocycles. The van der Waals surface area contributed by atoms with E-state index in [4.69, 9.17) is 16.8 Å². The van der Waals surface area contributed by atoms with Gasteiger partial charge < -0.3 is 10.3 Å². The monoisotopic (exact) mass is 219 g/mol. The van der Waals surface area contributed by atoms with Crippen LogP contribution in [-0.2, 0) is 6.54 Å². The average Bonchev–Trinajstić information content (AvgIpc) is 2.09. The highest BCUT2D eigenvalue weighted by atomic mass is 35.5. The van der Waals surface area contributed by atoms with Crippen molar-refractivity contribution in [2.45, 2.75) is 13.5 Å². The van der Waals surface area contributed by atoms with Gasteiger partial charge >= 0.3 is 0 Å². The van der Waals surface area contributed by atoms with Crippen LogP contribution in [0.1, 0.15) is 11.1 Å². The summed E-state index contributed by atoms with van der Waals surface area (Å²) in [5.74, 6) is -1.25. The van der Waals surface area contributed by atoms with E-state index < -0.39 is 11.6 Å². The fourth-order valence-corrected chi connectivity index (χ4v) is 1.38. The lowest BCUT2D eigenvalue weighted by atomic mass is 10.1. The molecule has 0 atom stereocenters. The molecule has 0 bridgehead atoms. The van der Waals surface area contributed by atoms with Crippen LogP contribution >= 0.6 is 11.6 Å². The lowest BCUT2D eigenvalue weighted by Crippen LogP contribution is -2.12. The first-order valence-electron chi connectivity index (χ1n) is 4.00. The number of aromatic hydroxyl groups is 1. The van der Waals surface area contributed by atoms with Gasteiger partial charge in [0.25, 0.3) is 0 Å². The molecule has 3 nitrogen and oxygen atoms in total. The maximum Gasteiger partial charge on any atom is 0.165 e. The van der Waals surface area contributed by atoms with E-state index in [0.29, 0.717) is 5.56 Å². The van der Waals surface area contributed by atoms with E-state index in [1.807, 2.05) is 0 Å². The summed E-state index contributed by atoms with van der Waals surface area (Å²) < 4.78 is 13.1. The smallest absolute Gasteiger partial charge is 0.165 e. The second-order valence-electron chi connectivity index (χ2n) is 3.13. The van der Waals surface area contributed by atoms with Gasteiger partial charge in [-0.25, -0.2) is 4.39 Å². The van der Waals surface area contributed by atoms with Crippen molar-refractivity contribution >= 4 is 11.6 Å². The Kier molecular flexibility index (Phi) is 3.31. The van der Waals surface area contributed by atoms with Crippen LogP contribution in [-0.4, -0.2) is 22.4 Å². The summed E-state index contributed by atoms with van der Waals surface area (Å²) in [6.45, 7) is 1.61. The van der Waals surface area contributed by atoms with Gasteiger partial charge in [0.05, 0.1) is 11.6 Å². The summed E-state index contributed by atoms with van der Waals surface area (Å²) in [6.07, 6.45) is 0. The molecule has 0 fully saturated rings. The Labute approximate surface area is 86.3 Å². The second-order valence-corrected chi connectivity index (χ2v) is 3.51. The van der Waals surface area contributed by atoms with Crippen molar-refractivity contribution in [2.24, 2.45) is 0 Å². The van der Waals surface area contributed by atoms with E-state index in [1.165, 1.54) is 7.05 Å². The summed E-state index contributed by atoms with van der Waals surface area (Å²) >= 11 is 5.85. The van der Waals surface area contributed by atoms with Gasteiger partial charge in [0, 0.05) is 12.6 Å². The molecule has 0 aliphatic heterocycles. The van der Waals surface area contributed by atoms with Gasteiger partial charge in [-0.3, -0.25) is 0 Å². The Morgan fingerprint density at radius 1 is 1.57 bits per heavy atom. The van der Waals surface area contributed by atoms with E-state index in [-0.39, 0.29) is 17.1 Å². The predicted molar refractivity (Wildman–Crippen MR) is 51.1 cm³/mol. The topological polar surface area (TPSA) is 43.7 Å². The number of halogens is 2. The Balaban J connectivity index is 3.25. The van der Waals surface area contributed by atoms with Gasteiger partial charge in [-0.05, 0) is 18.6 Å². The minimum atomic E-state index is -0.733. The normalized spacial score (nSPS) is 11.0. The molecule has 0 aliphatic rings. The van der Waals surface area contributed by atoms with Gasteiger partial charge in [-0.15, -0.1) is 0 Å². The van der Waals surface area contributed by atoms with Crippen LogP contribution in [0.15, 0.2) is 6.07 Å². The van der Waals surface area contributed by atoms with E-state index in [1.54, 1.807) is 6.92 Å². The van der Waals surface area contributed by atoms with Crippen molar-refractivity contribution in [1.29, 1.82) is 0 Å². The molecule has 0 aliphatic carbocycles. The first kappa shape index (κ1) is 11.2. The number of aryl methyl sites for hydroxylation is 1. The summed E-state index contributed by atoms with van der Waals surface area (Å²) in [4.78, 5) is 0. The Morgan fingerprint density at radius 2 is 2.14 bits per heavy atom. The van der Waals surface area contributed by atoms with Crippen molar-refractivity contribution < 1.29 is 14.7 Å². The van der Waals surface area contributed by atoms with Crippen molar-refractivity contribution in [3.63, 3.8) is 0 Å². The Hall–Kier alpha value is -0.840. The summed E-state index contributed by atoms with van der Waals surface area (Å²) in [5, 5.41) is 19.4. The minimum Gasteiger partial charge on any atom is -0.505 e. The van der Waals surface area contributed by atoms with Gasteiger partial charge in [-0.1, -0.05) is 11.6 Å². The highest BCUT2D eigenvalue weighted by Crippen LogP contribution is 2.32. The number of hydrogen-bond donors (Lipinski definition) is 2. The molecule has 1 rings (SSSR count). The average molecular weight is 220 g/mol. The molecular weight excluding hydrogens is 209 g/mol. The maximum atomic E-state index is 13.1. The summed E-state index contributed by atoms with van der Waals surface area (Å²) in [5.41, 5.74) is 0.716. The number of phenolic OH excluding ortho intramolecular Hbond substituents is 1. The maximum absolute atomic E-state index is 13.1. The molecule has 0 spiro atoms. The first-order valence-corrected chi connectivity index (χ1v) is 4.37. The number of phenols is 1. The first-order chi connectivity index (χ1) is 6.43. The van der Waals surface area contributed by atoms with Crippen molar-refractivity contribution in [2.75, 3.05) is 7.05 Å². The van der Waals surface area contributed by atoms with Crippen LogP contribution < -0.4 is 0 Å². The lowest BCUT2D eigenvalue weighted by molar-refractivity contribution is -0.0736. The highest BCUT2D eigenvalue weighted by molar-refractivity contribution is 6.32. The molecule has 0 radical (unpaired) electrons. The number of hydroxylamine groups is 2. The third-order valence-electron chi connectivity index (χ3n) is 1.85. The molecule has 78 valence electrons. The Bertz CT molecular complexity index is 329. The molecule has 5 heteroatoms. The SMILES string of the molecule is Cc1cc(F)c(O)c(CN(C)O)c1Cl. The molecule has 0 saturated heterocycles. The van der Waals surface area contributed by atoms with Crippen LogP contribution in [0.3, 0.4) is 0 Å². The van der Waals surface area contributed by atoms with Crippen molar-refractivity contribution in [3.8, 4) is 5.75 Å². The quantitative estimate of drug-likeness (QED) is 0.751. The van der Waals surface area contributed by atoms with Gasteiger partial charge in [0.2, 0.25) is 0 Å². The summed E-state index contributed by atoms with van der Waals surface area (Å²) in [7, 11) is 1.38. The predicted octanol–water partition coefficient (Wildman–Crippen LogP) is 2.31. The second kappa shape index (κ2) is 4.13. The van der Waals surface area contributed by atoms with Gasteiger partial charge in [-0.2, -0.15) is 5.06 Å². The molecule has 1 aromatic rings. The van der Waals surface area contributed by atoms with Crippen LogP contribution in [0.5, 0.6) is 5.75 Å². The number of rotatable bonds is 2. The molecule has 0 unspecified atom stereocenters. The van der Waals surface area contributed by atoms with Crippen molar-refractivity contribution in [3.05, 3.63) is 28.0 Å². The van der Waals surface area contributed by atoms with Crippen LogP contribution in [0.4, 0.5) is 4.39 Å². The largest absolute Gasteiger partial charge is 0.505 e. The van der Waals surface area contributed by atoms with E-state index in [9.17, 15) is 9.50 Å². The highest BCUT2D eigenvalue weighted by Gasteiger charge is 2.15. The van der Waals surface area contributed by atoms with E-state index in [0.717, 1.165) is 11.1 Å². The van der Waals surface area contributed by atoms with Gasteiger partial charge in [0.15, 0.2) is 11.6 Å². The van der Waals surface area contributed by atoms with Crippen LogP contribution in [0.25, 0.3) is 0 Å². The zero-order chi connectivity index (χ0) is 10.9. The third kappa shape index (κ3) is 2.15. The van der Waals surface area contributed by atoms with Crippen LogP contribution in [0, 0.1) is 12.7 Å². The van der Waals surface area contributed by atoms with Gasteiger partial charge in [0.1, 0.15) is 0 Å². The minimum absolute atomic E-state index is 0.0245. The number of benzene rings is 1. The van der Waals surface area contributed by atoms with E-state index in [2.05, 4.69) is 0 Å². The fraction of sp³-hybridized carbons (Fsp3) is 0.333. The molecular formula is C9H11ClFNO2. The Morgan fingerprint density at radius 3 is 2.64 bits per heavy atom. The van der Waals surface area contributed by atoms with Crippen molar-refractivity contribution in [1.82, 2.24) is 5.06 Å². The summed E-state index contributed by atoms with van der Waals surface area (Å²) in [6, 6.07) is 1.15. The fourth-order valence-electron chi connectivity index (χ4n) is 1.18. The van der Waals surface area contributed by atoms with E-state index >= 15 is 0 Å². The zero-order valence-electron chi connectivity index (χ0n) is 7.88. The zero-order valence-corrected chi connectivity index (χ0v) is 8.64. The third-order valence-corrected chi connectivity index (χ3v) is 2.38.